The molecule has 0 saturated carbocycles. The lowest BCUT2D eigenvalue weighted by atomic mass is 9.96. The summed E-state index contributed by atoms with van der Waals surface area (Å²) in [5.74, 6) is 0.489. The number of aryl methyl sites for hydroxylation is 1. The van der Waals surface area contributed by atoms with Gasteiger partial charge in [-0.15, -0.1) is 11.3 Å². The number of fused-ring (bicyclic) bond motifs is 1. The number of carbonyl (C=O) groups excluding carboxylic acids is 1. The summed E-state index contributed by atoms with van der Waals surface area (Å²) >= 11 is 8.28. The number of rotatable bonds is 4. The number of hydrogen-bond donors (Lipinski definition) is 0. The second kappa shape index (κ2) is 7.46. The zero-order valence-corrected chi connectivity index (χ0v) is 18.5. The maximum atomic E-state index is 12.8. The molecule has 0 unspecified atom stereocenters. The second-order valence-corrected chi connectivity index (χ2v) is 10.0. The van der Waals surface area contributed by atoms with Crippen molar-refractivity contribution in [1.29, 1.82) is 0 Å². The highest BCUT2D eigenvalue weighted by Crippen LogP contribution is 2.29. The molecule has 0 radical (unpaired) electrons. The Morgan fingerprint density at radius 2 is 1.86 bits per heavy atom. The highest BCUT2D eigenvalue weighted by atomic mass is 35.5. The summed E-state index contributed by atoms with van der Waals surface area (Å²) < 4.78 is 2.89. The van der Waals surface area contributed by atoms with Crippen LogP contribution in [-0.4, -0.2) is 30.6 Å². The van der Waals surface area contributed by atoms with Crippen LogP contribution in [0.15, 0.2) is 26.7 Å². The highest BCUT2D eigenvalue weighted by Gasteiger charge is 2.24. The number of Topliss-reactive ketones (excluding diaryl/α,β-unsaturated/α-hetero) is 1. The Kier molecular flexibility index (Phi) is 5.53. The summed E-state index contributed by atoms with van der Waals surface area (Å²) in [7, 11) is 2.98. The fraction of sp³-hybridized carbons (Fsp3) is 0.389. The molecule has 3 heterocycles. The van der Waals surface area contributed by atoms with Gasteiger partial charge in [0.05, 0.1) is 15.0 Å². The van der Waals surface area contributed by atoms with Crippen LogP contribution in [0, 0.1) is 0 Å². The van der Waals surface area contributed by atoms with Gasteiger partial charge in [0.1, 0.15) is 16.2 Å². The average Bonchev–Trinajstić information content (AvgIpc) is 3.07. The van der Waals surface area contributed by atoms with E-state index in [2.05, 4.69) is 9.97 Å². The van der Waals surface area contributed by atoms with Crippen molar-refractivity contribution in [3.63, 3.8) is 0 Å². The molecule has 0 aliphatic heterocycles. The summed E-state index contributed by atoms with van der Waals surface area (Å²) in [6.07, 6.45) is 0. The van der Waals surface area contributed by atoms with Crippen molar-refractivity contribution in [3.05, 3.63) is 48.0 Å². The van der Waals surface area contributed by atoms with Gasteiger partial charge in [-0.2, -0.15) is 0 Å². The third-order valence-corrected chi connectivity index (χ3v) is 6.37. The van der Waals surface area contributed by atoms with Crippen LogP contribution in [0.1, 0.15) is 36.3 Å². The van der Waals surface area contributed by atoms with Crippen LogP contribution < -0.4 is 11.2 Å². The summed E-state index contributed by atoms with van der Waals surface area (Å²) in [5, 5.41) is 0.627. The first-order valence-corrected chi connectivity index (χ1v) is 10.6. The van der Waals surface area contributed by atoms with E-state index >= 15 is 0 Å². The van der Waals surface area contributed by atoms with Gasteiger partial charge in [-0.25, -0.2) is 14.8 Å². The molecule has 0 bridgehead atoms. The summed E-state index contributed by atoms with van der Waals surface area (Å²) in [5.41, 5.74) is -1.07. The van der Waals surface area contributed by atoms with E-state index in [-0.39, 0.29) is 22.6 Å². The standard InChI is InChI=1S/C18H19ClN4O3S2/c1-18(2,3)16-20-13-12(15(25)23(5)17(26)22(13)4)14(21-16)27-8-9(24)10-6-7-11(19)28-10/h6-7H,8H2,1-5H3. The Balaban J connectivity index is 2.15. The normalized spacial score (nSPS) is 11.9. The largest absolute Gasteiger partial charge is 0.332 e. The van der Waals surface area contributed by atoms with E-state index in [9.17, 15) is 14.4 Å². The predicted octanol–water partition coefficient (Wildman–Crippen LogP) is 3.01. The quantitative estimate of drug-likeness (QED) is 0.353. The minimum atomic E-state index is -0.479. The van der Waals surface area contributed by atoms with E-state index in [1.807, 2.05) is 20.8 Å². The molecule has 0 spiro atoms. The number of ketones is 1. The molecule has 0 aliphatic rings. The smallest absolute Gasteiger partial charge is 0.292 e. The number of thiophene rings is 1. The van der Waals surface area contributed by atoms with Gasteiger partial charge in [-0.1, -0.05) is 44.1 Å². The Hall–Kier alpha value is -1.97. The van der Waals surface area contributed by atoms with Gasteiger partial charge in [0.15, 0.2) is 11.4 Å². The van der Waals surface area contributed by atoms with Crippen LogP contribution in [0.5, 0.6) is 0 Å². The topological polar surface area (TPSA) is 86.8 Å². The summed E-state index contributed by atoms with van der Waals surface area (Å²) in [4.78, 5) is 47.1. The van der Waals surface area contributed by atoms with Gasteiger partial charge in [0.25, 0.3) is 5.56 Å². The van der Waals surface area contributed by atoms with E-state index in [1.165, 1.54) is 23.0 Å². The third-order valence-electron chi connectivity index (χ3n) is 4.13. The highest BCUT2D eigenvalue weighted by molar-refractivity contribution is 8.00. The molecule has 3 aromatic rings. The van der Waals surface area contributed by atoms with Gasteiger partial charge >= 0.3 is 5.69 Å². The Bertz CT molecular complexity index is 1200. The number of aromatic nitrogens is 4. The van der Waals surface area contributed by atoms with Crippen molar-refractivity contribution in [2.75, 3.05) is 5.75 Å². The number of halogens is 1. The average molecular weight is 439 g/mol. The van der Waals surface area contributed by atoms with Crippen molar-refractivity contribution in [1.82, 2.24) is 19.1 Å². The molecule has 148 valence electrons. The molecule has 7 nitrogen and oxygen atoms in total. The van der Waals surface area contributed by atoms with E-state index in [0.29, 0.717) is 20.1 Å². The fourth-order valence-electron chi connectivity index (χ4n) is 2.54. The van der Waals surface area contributed by atoms with Gasteiger partial charge in [-0.3, -0.25) is 18.7 Å². The minimum absolute atomic E-state index is 0.0958. The van der Waals surface area contributed by atoms with E-state index < -0.39 is 16.7 Å². The molecule has 0 fully saturated rings. The number of thioether (sulfide) groups is 1. The molecule has 0 atom stereocenters. The molecule has 10 heteroatoms. The van der Waals surface area contributed by atoms with Crippen molar-refractivity contribution < 1.29 is 4.79 Å². The molecule has 28 heavy (non-hydrogen) atoms. The van der Waals surface area contributed by atoms with Crippen LogP contribution >= 0.6 is 34.7 Å². The predicted molar refractivity (Wildman–Crippen MR) is 113 cm³/mol. The molecule has 0 aromatic carbocycles. The maximum Gasteiger partial charge on any atom is 0.332 e. The Labute approximate surface area is 174 Å². The zero-order valence-electron chi connectivity index (χ0n) is 16.1. The van der Waals surface area contributed by atoms with E-state index in [4.69, 9.17) is 11.6 Å². The van der Waals surface area contributed by atoms with Crippen LogP contribution in [0.2, 0.25) is 4.34 Å². The molecular weight excluding hydrogens is 420 g/mol. The van der Waals surface area contributed by atoms with Crippen molar-refractivity contribution >= 4 is 51.5 Å². The van der Waals surface area contributed by atoms with E-state index in [1.54, 1.807) is 19.2 Å². The number of carbonyl (C=O) groups is 1. The first kappa shape index (κ1) is 20.8. The number of nitrogens with zero attached hydrogens (tertiary/aromatic N) is 4. The lowest BCUT2D eigenvalue weighted by Crippen LogP contribution is -2.38. The lowest BCUT2D eigenvalue weighted by molar-refractivity contribution is 0.102. The van der Waals surface area contributed by atoms with Crippen molar-refractivity contribution in [2.24, 2.45) is 14.1 Å². The van der Waals surface area contributed by atoms with Gasteiger partial charge < -0.3 is 0 Å². The molecule has 3 rings (SSSR count). The molecule has 3 aromatic heterocycles. The Morgan fingerprint density at radius 3 is 2.43 bits per heavy atom. The van der Waals surface area contributed by atoms with Crippen LogP contribution in [0.3, 0.4) is 0 Å². The number of hydrogen-bond acceptors (Lipinski definition) is 7. The first-order valence-electron chi connectivity index (χ1n) is 8.40. The summed E-state index contributed by atoms with van der Waals surface area (Å²) in [6, 6.07) is 3.35. The second-order valence-electron chi connectivity index (χ2n) is 7.32. The molecule has 0 aliphatic carbocycles. The fourth-order valence-corrected chi connectivity index (χ4v) is 4.51. The Morgan fingerprint density at radius 1 is 1.18 bits per heavy atom. The minimum Gasteiger partial charge on any atom is -0.292 e. The van der Waals surface area contributed by atoms with Crippen LogP contribution in [0.25, 0.3) is 11.0 Å². The third kappa shape index (κ3) is 3.78. The monoisotopic (exact) mass is 438 g/mol. The maximum absolute atomic E-state index is 12.8. The van der Waals surface area contributed by atoms with Gasteiger partial charge in [-0.05, 0) is 12.1 Å². The van der Waals surface area contributed by atoms with Gasteiger partial charge in [0, 0.05) is 19.5 Å². The molecular formula is C18H19ClN4O3S2. The molecule has 0 saturated heterocycles. The first-order chi connectivity index (χ1) is 13.0. The molecule has 0 N–H and O–H groups in total. The lowest BCUT2D eigenvalue weighted by Gasteiger charge is -2.19. The van der Waals surface area contributed by atoms with Crippen LogP contribution in [-0.2, 0) is 19.5 Å². The van der Waals surface area contributed by atoms with E-state index in [0.717, 1.165) is 16.3 Å². The molecule has 0 amide bonds. The van der Waals surface area contributed by atoms with Crippen molar-refractivity contribution in [3.8, 4) is 0 Å². The zero-order chi connectivity index (χ0) is 20.8. The van der Waals surface area contributed by atoms with Crippen LogP contribution in [0.4, 0.5) is 0 Å². The summed E-state index contributed by atoms with van der Waals surface area (Å²) in [6.45, 7) is 5.84. The van der Waals surface area contributed by atoms with Gasteiger partial charge in [0.2, 0.25) is 0 Å². The van der Waals surface area contributed by atoms with Crippen molar-refractivity contribution in [2.45, 2.75) is 31.2 Å². The SMILES string of the molecule is Cn1c(=O)c2c(SCC(=O)c3ccc(Cl)s3)nc(C(C)(C)C)nc2n(C)c1=O.